The molecule has 0 aliphatic carbocycles. The Kier molecular flexibility index (Phi) is 4.26. The highest BCUT2D eigenvalue weighted by Crippen LogP contribution is 2.27. The van der Waals surface area contributed by atoms with Gasteiger partial charge in [-0.1, -0.05) is 0 Å². The lowest BCUT2D eigenvalue weighted by molar-refractivity contribution is 0.494. The largest absolute Gasteiger partial charge is 0.451 e. The average molecular weight is 381 g/mol. The molecule has 1 aromatic carbocycles. The van der Waals surface area contributed by atoms with Crippen molar-refractivity contribution in [2.45, 2.75) is 6.54 Å². The number of hydrogen-bond donors (Lipinski definition) is 1. The lowest BCUT2D eigenvalue weighted by Crippen LogP contribution is -1.99. The van der Waals surface area contributed by atoms with Crippen LogP contribution in [0.2, 0.25) is 0 Å². The predicted octanol–water partition coefficient (Wildman–Crippen LogP) is 4.16. The third kappa shape index (κ3) is 3.17. The van der Waals surface area contributed by atoms with Gasteiger partial charge in [-0.2, -0.15) is 10.5 Å². The van der Waals surface area contributed by atoms with Gasteiger partial charge in [0.2, 0.25) is 0 Å². The molecule has 6 heteroatoms. The van der Waals surface area contributed by atoms with Crippen molar-refractivity contribution in [3.05, 3.63) is 50.3 Å². The topological polar surface area (TPSA) is 72.8 Å². The first-order valence-corrected chi connectivity index (χ1v) is 6.84. The molecule has 1 aromatic heterocycles. The number of furan rings is 1. The molecule has 0 unspecified atom stereocenters. The number of nitrogens with zero attached hydrogens (tertiary/aromatic N) is 2. The summed E-state index contributed by atoms with van der Waals surface area (Å²) in [5.74, 6) is 0.751. The average Bonchev–Trinajstić information content (AvgIpc) is 2.75. The van der Waals surface area contributed by atoms with E-state index >= 15 is 0 Å². The van der Waals surface area contributed by atoms with Gasteiger partial charge in [0.25, 0.3) is 0 Å². The summed E-state index contributed by atoms with van der Waals surface area (Å²) in [7, 11) is 0. The van der Waals surface area contributed by atoms with Gasteiger partial charge in [-0.25, -0.2) is 0 Å². The zero-order valence-electron chi connectivity index (χ0n) is 9.58. The van der Waals surface area contributed by atoms with E-state index < -0.39 is 0 Å². The van der Waals surface area contributed by atoms with Gasteiger partial charge in [0.05, 0.1) is 22.1 Å². The lowest BCUT2D eigenvalue weighted by Gasteiger charge is -2.05. The summed E-state index contributed by atoms with van der Waals surface area (Å²) in [6, 6.07) is 10.8. The molecule has 2 rings (SSSR count). The standard InChI is InChI=1S/C13H7Br2N3O/c14-12-4-11(19-13(12)15)7-18-10-2-1-8(5-16)9(3-10)6-17/h1-4,18H,7H2. The molecule has 0 aliphatic rings. The van der Waals surface area contributed by atoms with Crippen LogP contribution in [0.1, 0.15) is 16.9 Å². The van der Waals surface area contributed by atoms with Crippen LogP contribution < -0.4 is 5.32 Å². The zero-order valence-corrected chi connectivity index (χ0v) is 12.7. The van der Waals surface area contributed by atoms with E-state index in [1.807, 2.05) is 18.2 Å². The van der Waals surface area contributed by atoms with Crippen molar-refractivity contribution < 1.29 is 4.42 Å². The van der Waals surface area contributed by atoms with Gasteiger partial charge >= 0.3 is 0 Å². The van der Waals surface area contributed by atoms with Gasteiger partial charge in [-0.05, 0) is 56.1 Å². The highest BCUT2D eigenvalue weighted by atomic mass is 79.9. The summed E-state index contributed by atoms with van der Waals surface area (Å²) in [6.45, 7) is 0.487. The van der Waals surface area contributed by atoms with Gasteiger partial charge in [0, 0.05) is 5.69 Å². The van der Waals surface area contributed by atoms with Crippen LogP contribution in [0.15, 0.2) is 37.8 Å². The minimum Gasteiger partial charge on any atom is -0.451 e. The number of halogens is 2. The number of benzene rings is 1. The summed E-state index contributed by atoms with van der Waals surface area (Å²) in [5.41, 5.74) is 1.49. The minimum absolute atomic E-state index is 0.356. The Labute approximate surface area is 126 Å². The highest BCUT2D eigenvalue weighted by Gasteiger charge is 2.07. The second-order valence-corrected chi connectivity index (χ2v) is 5.25. The molecule has 0 saturated heterocycles. The molecule has 2 aromatic rings. The molecular formula is C13H7Br2N3O. The monoisotopic (exact) mass is 379 g/mol. The Hall–Kier alpha value is -1.76. The van der Waals surface area contributed by atoms with E-state index in [0.29, 0.717) is 22.3 Å². The van der Waals surface area contributed by atoms with E-state index in [2.05, 4.69) is 37.2 Å². The first-order chi connectivity index (χ1) is 9.13. The van der Waals surface area contributed by atoms with E-state index in [1.165, 1.54) is 0 Å². The fourth-order valence-electron chi connectivity index (χ4n) is 1.51. The van der Waals surface area contributed by atoms with E-state index in [9.17, 15) is 0 Å². The number of rotatable bonds is 3. The van der Waals surface area contributed by atoms with Crippen LogP contribution in [0.25, 0.3) is 0 Å². The molecule has 0 bridgehead atoms. The van der Waals surface area contributed by atoms with Gasteiger partial charge in [0.15, 0.2) is 4.67 Å². The van der Waals surface area contributed by atoms with Crippen molar-refractivity contribution in [1.82, 2.24) is 0 Å². The molecule has 0 amide bonds. The highest BCUT2D eigenvalue weighted by molar-refractivity contribution is 9.13. The van der Waals surface area contributed by atoms with Crippen molar-refractivity contribution in [2.75, 3.05) is 5.32 Å². The molecule has 19 heavy (non-hydrogen) atoms. The number of hydrogen-bond acceptors (Lipinski definition) is 4. The van der Waals surface area contributed by atoms with Crippen LogP contribution >= 0.6 is 31.9 Å². The first kappa shape index (κ1) is 13.7. The Bertz CT molecular complexity index is 675. The molecule has 94 valence electrons. The molecule has 0 radical (unpaired) electrons. The van der Waals surface area contributed by atoms with Crippen LogP contribution in [-0.2, 0) is 6.54 Å². The zero-order chi connectivity index (χ0) is 13.8. The maximum absolute atomic E-state index is 8.94. The Morgan fingerprint density at radius 3 is 2.42 bits per heavy atom. The summed E-state index contributed by atoms with van der Waals surface area (Å²) in [6.07, 6.45) is 0. The van der Waals surface area contributed by atoms with Gasteiger partial charge in [0.1, 0.15) is 17.9 Å². The summed E-state index contributed by atoms with van der Waals surface area (Å²) in [5, 5.41) is 20.9. The Morgan fingerprint density at radius 2 is 1.84 bits per heavy atom. The maximum Gasteiger partial charge on any atom is 0.183 e. The molecular weight excluding hydrogens is 374 g/mol. The van der Waals surface area contributed by atoms with Crippen LogP contribution in [-0.4, -0.2) is 0 Å². The summed E-state index contributed by atoms with van der Waals surface area (Å²) >= 11 is 6.60. The first-order valence-electron chi connectivity index (χ1n) is 5.26. The second kappa shape index (κ2) is 5.92. The lowest BCUT2D eigenvalue weighted by atomic mass is 10.1. The van der Waals surface area contributed by atoms with Crippen molar-refractivity contribution >= 4 is 37.5 Å². The quantitative estimate of drug-likeness (QED) is 0.867. The molecule has 0 fully saturated rings. The third-order valence-electron chi connectivity index (χ3n) is 2.42. The Morgan fingerprint density at radius 1 is 1.11 bits per heavy atom. The molecule has 0 aliphatic heterocycles. The van der Waals surface area contributed by atoms with Crippen LogP contribution in [0.4, 0.5) is 5.69 Å². The van der Waals surface area contributed by atoms with Crippen molar-refractivity contribution in [1.29, 1.82) is 10.5 Å². The van der Waals surface area contributed by atoms with E-state index in [1.54, 1.807) is 18.2 Å². The van der Waals surface area contributed by atoms with Crippen molar-refractivity contribution in [3.8, 4) is 12.1 Å². The molecule has 4 nitrogen and oxygen atoms in total. The molecule has 0 atom stereocenters. The van der Waals surface area contributed by atoms with Crippen molar-refractivity contribution in [3.63, 3.8) is 0 Å². The normalized spacial score (nSPS) is 9.68. The summed E-state index contributed by atoms with van der Waals surface area (Å²) < 4.78 is 6.92. The van der Waals surface area contributed by atoms with Gasteiger partial charge in [-0.3, -0.25) is 0 Å². The van der Waals surface area contributed by atoms with Crippen LogP contribution in [0, 0.1) is 22.7 Å². The fourth-order valence-corrected chi connectivity index (χ4v) is 2.17. The number of nitrogens with one attached hydrogen (secondary N) is 1. The predicted molar refractivity (Wildman–Crippen MR) is 77.3 cm³/mol. The van der Waals surface area contributed by atoms with Gasteiger partial charge in [-0.15, -0.1) is 0 Å². The Balaban J connectivity index is 2.12. The third-order valence-corrected chi connectivity index (χ3v) is 4.13. The van der Waals surface area contributed by atoms with Crippen LogP contribution in [0.3, 0.4) is 0 Å². The smallest absolute Gasteiger partial charge is 0.183 e. The molecule has 1 heterocycles. The van der Waals surface area contributed by atoms with E-state index in [-0.39, 0.29) is 0 Å². The van der Waals surface area contributed by atoms with E-state index in [0.717, 1.165) is 15.9 Å². The molecule has 0 saturated carbocycles. The SMILES string of the molecule is N#Cc1ccc(NCc2cc(Br)c(Br)o2)cc1C#N. The molecule has 1 N–H and O–H groups in total. The minimum atomic E-state index is 0.356. The molecule has 0 spiro atoms. The number of anilines is 1. The van der Waals surface area contributed by atoms with E-state index in [4.69, 9.17) is 14.9 Å². The second-order valence-electron chi connectivity index (χ2n) is 3.67. The van der Waals surface area contributed by atoms with Crippen molar-refractivity contribution in [2.24, 2.45) is 0 Å². The maximum atomic E-state index is 8.94. The number of nitriles is 2. The fraction of sp³-hybridized carbons (Fsp3) is 0.0769. The van der Waals surface area contributed by atoms with Gasteiger partial charge < -0.3 is 9.73 Å². The summed E-state index contributed by atoms with van der Waals surface area (Å²) in [4.78, 5) is 0. The van der Waals surface area contributed by atoms with Crippen LogP contribution in [0.5, 0.6) is 0 Å².